The molecule has 0 aliphatic heterocycles. The van der Waals surface area contributed by atoms with Crippen LogP contribution in [0.1, 0.15) is 0 Å². The zero-order valence-electron chi connectivity index (χ0n) is 7.76. The molecule has 15 heavy (non-hydrogen) atoms. The van der Waals surface area contributed by atoms with Gasteiger partial charge in [-0.3, -0.25) is 0 Å². The summed E-state index contributed by atoms with van der Waals surface area (Å²) in [5, 5.41) is 2.92. The van der Waals surface area contributed by atoms with Gasteiger partial charge in [0.1, 0.15) is 5.75 Å². The van der Waals surface area contributed by atoms with E-state index in [1.54, 1.807) is 31.3 Å². The standard InChI is InChI=1S/C9H8Cl3NO2/c1-13-6-2-4-7(5-3-6)15-8(14)9(10,11)12/h2-5,13H,1H3. The molecule has 1 rings (SSSR count). The highest BCUT2D eigenvalue weighted by Gasteiger charge is 2.33. The third-order valence-electron chi connectivity index (χ3n) is 1.58. The lowest BCUT2D eigenvalue weighted by molar-refractivity contribution is -0.133. The van der Waals surface area contributed by atoms with Crippen molar-refractivity contribution in [2.45, 2.75) is 3.79 Å². The van der Waals surface area contributed by atoms with Crippen LogP contribution in [0.3, 0.4) is 0 Å². The van der Waals surface area contributed by atoms with Crippen molar-refractivity contribution < 1.29 is 9.53 Å². The molecule has 82 valence electrons. The van der Waals surface area contributed by atoms with E-state index in [-0.39, 0.29) is 0 Å². The fraction of sp³-hybridized carbons (Fsp3) is 0.222. The Morgan fingerprint density at radius 2 is 1.80 bits per heavy atom. The summed E-state index contributed by atoms with van der Waals surface area (Å²) >= 11 is 16.0. The molecule has 0 aliphatic carbocycles. The van der Waals surface area contributed by atoms with Gasteiger partial charge in [-0.1, -0.05) is 34.8 Å². The quantitative estimate of drug-likeness (QED) is 0.509. The first-order valence-corrected chi connectivity index (χ1v) is 5.13. The molecule has 6 heteroatoms. The normalized spacial score (nSPS) is 10.9. The van der Waals surface area contributed by atoms with Crippen molar-refractivity contribution in [1.82, 2.24) is 0 Å². The average Bonchev–Trinajstić information content (AvgIpc) is 2.17. The number of hydrogen-bond donors (Lipinski definition) is 1. The van der Waals surface area contributed by atoms with Gasteiger partial charge in [0, 0.05) is 12.7 Å². The van der Waals surface area contributed by atoms with Crippen LogP contribution >= 0.6 is 34.8 Å². The van der Waals surface area contributed by atoms with Crippen LogP contribution < -0.4 is 10.1 Å². The van der Waals surface area contributed by atoms with Crippen molar-refractivity contribution in [3.63, 3.8) is 0 Å². The summed E-state index contributed by atoms with van der Waals surface area (Å²) in [6, 6.07) is 6.67. The minimum atomic E-state index is -2.05. The number of alkyl halides is 3. The predicted molar refractivity (Wildman–Crippen MR) is 61.9 cm³/mol. The van der Waals surface area contributed by atoms with E-state index in [4.69, 9.17) is 39.5 Å². The number of esters is 1. The van der Waals surface area contributed by atoms with E-state index in [1.807, 2.05) is 0 Å². The van der Waals surface area contributed by atoms with Crippen LogP contribution in [-0.2, 0) is 4.79 Å². The molecule has 0 bridgehead atoms. The van der Waals surface area contributed by atoms with Crippen molar-refractivity contribution in [2.75, 3.05) is 12.4 Å². The number of carbonyl (C=O) groups excluding carboxylic acids is 1. The Hall–Kier alpha value is -0.640. The van der Waals surface area contributed by atoms with Gasteiger partial charge < -0.3 is 10.1 Å². The van der Waals surface area contributed by atoms with Gasteiger partial charge in [0.15, 0.2) is 0 Å². The predicted octanol–water partition coefficient (Wildman–Crippen LogP) is 3.00. The van der Waals surface area contributed by atoms with E-state index in [2.05, 4.69) is 5.32 Å². The molecule has 1 aromatic carbocycles. The zero-order valence-corrected chi connectivity index (χ0v) is 10.0. The molecule has 3 nitrogen and oxygen atoms in total. The summed E-state index contributed by atoms with van der Waals surface area (Å²) in [6.07, 6.45) is 0. The summed E-state index contributed by atoms with van der Waals surface area (Å²) in [6.45, 7) is 0. The first kappa shape index (κ1) is 12.4. The summed E-state index contributed by atoms with van der Waals surface area (Å²) in [7, 11) is 1.78. The van der Waals surface area contributed by atoms with Gasteiger partial charge in [-0.2, -0.15) is 0 Å². The van der Waals surface area contributed by atoms with E-state index in [9.17, 15) is 4.79 Å². The lowest BCUT2D eigenvalue weighted by atomic mass is 10.3. The molecular formula is C9H8Cl3NO2. The third-order valence-corrected chi connectivity index (χ3v) is 2.05. The molecule has 0 saturated heterocycles. The Bertz CT molecular complexity index is 345. The lowest BCUT2D eigenvalue weighted by Crippen LogP contribution is -2.24. The van der Waals surface area contributed by atoms with E-state index < -0.39 is 9.76 Å². The number of carbonyl (C=O) groups is 1. The minimum absolute atomic E-state index is 0.324. The van der Waals surface area contributed by atoms with Crippen LogP contribution in [0.5, 0.6) is 5.75 Å². The maximum absolute atomic E-state index is 11.2. The van der Waals surface area contributed by atoms with Crippen LogP contribution in [-0.4, -0.2) is 16.8 Å². The van der Waals surface area contributed by atoms with Gasteiger partial charge in [-0.25, -0.2) is 4.79 Å². The maximum Gasteiger partial charge on any atom is 0.363 e. The van der Waals surface area contributed by atoms with Crippen molar-refractivity contribution in [3.05, 3.63) is 24.3 Å². The summed E-state index contributed by atoms with van der Waals surface area (Å²) < 4.78 is 2.76. The van der Waals surface area contributed by atoms with Crippen molar-refractivity contribution in [3.8, 4) is 5.75 Å². The fourth-order valence-corrected chi connectivity index (χ4v) is 0.970. The Balaban J connectivity index is 2.70. The summed E-state index contributed by atoms with van der Waals surface area (Å²) in [5.41, 5.74) is 0.892. The van der Waals surface area contributed by atoms with E-state index >= 15 is 0 Å². The van der Waals surface area contributed by atoms with Crippen molar-refractivity contribution in [2.24, 2.45) is 0 Å². The molecule has 0 amide bonds. The zero-order chi connectivity index (χ0) is 11.5. The molecule has 0 fully saturated rings. The molecule has 0 saturated carbocycles. The number of benzene rings is 1. The average molecular weight is 269 g/mol. The van der Waals surface area contributed by atoms with Crippen LogP contribution in [0.2, 0.25) is 0 Å². The van der Waals surface area contributed by atoms with Crippen LogP contribution in [0.15, 0.2) is 24.3 Å². The Morgan fingerprint density at radius 3 is 2.20 bits per heavy atom. The fourth-order valence-electron chi connectivity index (χ4n) is 0.855. The van der Waals surface area contributed by atoms with E-state index in [0.29, 0.717) is 5.75 Å². The minimum Gasteiger partial charge on any atom is -0.423 e. The highest BCUT2D eigenvalue weighted by molar-refractivity contribution is 6.75. The molecule has 0 atom stereocenters. The SMILES string of the molecule is CNc1ccc(OC(=O)C(Cl)(Cl)Cl)cc1. The molecule has 0 aliphatic rings. The largest absolute Gasteiger partial charge is 0.423 e. The topological polar surface area (TPSA) is 38.3 Å². The van der Waals surface area contributed by atoms with Gasteiger partial charge in [-0.15, -0.1) is 0 Å². The maximum atomic E-state index is 11.2. The Labute approximate surface area is 102 Å². The van der Waals surface area contributed by atoms with Crippen molar-refractivity contribution in [1.29, 1.82) is 0 Å². The third kappa shape index (κ3) is 3.78. The molecule has 0 radical (unpaired) electrons. The molecule has 0 aromatic heterocycles. The summed E-state index contributed by atoms with van der Waals surface area (Å²) in [4.78, 5) is 11.2. The summed E-state index contributed by atoms with van der Waals surface area (Å²) in [5.74, 6) is -0.602. The highest BCUT2D eigenvalue weighted by Crippen LogP contribution is 2.28. The van der Waals surface area contributed by atoms with Crippen LogP contribution in [0.4, 0.5) is 5.69 Å². The number of rotatable bonds is 2. The first-order valence-electron chi connectivity index (χ1n) is 4.00. The Morgan fingerprint density at radius 1 is 1.27 bits per heavy atom. The number of hydrogen-bond acceptors (Lipinski definition) is 3. The molecule has 1 N–H and O–H groups in total. The van der Waals surface area contributed by atoms with Gasteiger partial charge in [0.05, 0.1) is 0 Å². The monoisotopic (exact) mass is 267 g/mol. The molecule has 0 heterocycles. The second kappa shape index (κ2) is 4.92. The highest BCUT2D eigenvalue weighted by atomic mass is 35.6. The van der Waals surface area contributed by atoms with Gasteiger partial charge >= 0.3 is 5.97 Å². The molecule has 1 aromatic rings. The van der Waals surface area contributed by atoms with Gasteiger partial charge in [0.2, 0.25) is 0 Å². The second-order valence-electron chi connectivity index (χ2n) is 2.66. The second-order valence-corrected chi connectivity index (χ2v) is 4.94. The smallest absolute Gasteiger partial charge is 0.363 e. The van der Waals surface area contributed by atoms with E-state index in [0.717, 1.165) is 5.69 Å². The van der Waals surface area contributed by atoms with Crippen molar-refractivity contribution >= 4 is 46.5 Å². The Kier molecular flexibility index (Phi) is 4.08. The number of ether oxygens (including phenoxy) is 1. The number of nitrogens with one attached hydrogen (secondary N) is 1. The molecule has 0 unspecified atom stereocenters. The first-order chi connectivity index (χ1) is 6.93. The number of anilines is 1. The van der Waals surface area contributed by atoms with Gasteiger partial charge in [0.25, 0.3) is 3.79 Å². The van der Waals surface area contributed by atoms with E-state index in [1.165, 1.54) is 0 Å². The van der Waals surface area contributed by atoms with Gasteiger partial charge in [-0.05, 0) is 24.3 Å². The number of halogens is 3. The van der Waals surface area contributed by atoms with Crippen LogP contribution in [0, 0.1) is 0 Å². The molecular weight excluding hydrogens is 260 g/mol. The van der Waals surface area contributed by atoms with Crippen LogP contribution in [0.25, 0.3) is 0 Å². The lowest BCUT2D eigenvalue weighted by Gasteiger charge is -2.10. The molecule has 0 spiro atoms.